The molecule has 6 nitrogen and oxygen atoms in total. The molecule has 98 valence electrons. The number of amides is 1. The molecule has 1 aromatic heterocycles. The van der Waals surface area contributed by atoms with Crippen molar-refractivity contribution in [1.29, 1.82) is 0 Å². The lowest BCUT2D eigenvalue weighted by Gasteiger charge is -2.05. The van der Waals surface area contributed by atoms with Crippen LogP contribution in [0.3, 0.4) is 0 Å². The Morgan fingerprint density at radius 1 is 1.26 bits per heavy atom. The summed E-state index contributed by atoms with van der Waals surface area (Å²) in [5, 5.41) is 17.5. The number of aromatic amines is 1. The molecule has 2 aromatic rings. The van der Waals surface area contributed by atoms with Gasteiger partial charge in [0.05, 0.1) is 6.61 Å². The Labute approximate surface area is 109 Å². The summed E-state index contributed by atoms with van der Waals surface area (Å²) in [6.07, 6.45) is 0. The number of carbonyl (C=O) groups is 1. The van der Waals surface area contributed by atoms with Gasteiger partial charge < -0.3 is 10.4 Å². The highest BCUT2D eigenvalue weighted by atomic mass is 16.3. The van der Waals surface area contributed by atoms with E-state index in [0.717, 1.165) is 11.1 Å². The molecule has 1 aromatic carbocycles. The first-order valence-electron chi connectivity index (χ1n) is 5.71. The SMILES string of the molecule is O=C(NCc1cccc(CO)c1)c1ccc(=O)[nH]n1. The lowest BCUT2D eigenvalue weighted by Crippen LogP contribution is -2.25. The molecule has 0 atom stereocenters. The van der Waals surface area contributed by atoms with Crippen molar-refractivity contribution in [1.82, 2.24) is 15.5 Å². The smallest absolute Gasteiger partial charge is 0.271 e. The van der Waals surface area contributed by atoms with Crippen molar-refractivity contribution >= 4 is 5.91 Å². The van der Waals surface area contributed by atoms with Crippen LogP contribution in [0.5, 0.6) is 0 Å². The number of hydrogen-bond acceptors (Lipinski definition) is 4. The number of nitrogens with one attached hydrogen (secondary N) is 2. The van der Waals surface area contributed by atoms with Crippen LogP contribution >= 0.6 is 0 Å². The molecule has 1 amide bonds. The zero-order valence-electron chi connectivity index (χ0n) is 10.1. The summed E-state index contributed by atoms with van der Waals surface area (Å²) < 4.78 is 0. The van der Waals surface area contributed by atoms with E-state index in [0.29, 0.717) is 6.54 Å². The van der Waals surface area contributed by atoms with Crippen molar-refractivity contribution in [2.45, 2.75) is 13.2 Å². The number of H-pyrrole nitrogens is 1. The fraction of sp³-hybridized carbons (Fsp3) is 0.154. The van der Waals surface area contributed by atoms with Gasteiger partial charge in [-0.2, -0.15) is 5.10 Å². The molecule has 0 unspecified atom stereocenters. The second kappa shape index (κ2) is 5.92. The van der Waals surface area contributed by atoms with E-state index in [1.807, 2.05) is 12.1 Å². The highest BCUT2D eigenvalue weighted by Gasteiger charge is 2.06. The minimum absolute atomic E-state index is 0.0384. The quantitative estimate of drug-likeness (QED) is 0.730. The summed E-state index contributed by atoms with van der Waals surface area (Å²) in [6.45, 7) is 0.288. The van der Waals surface area contributed by atoms with Crippen molar-refractivity contribution < 1.29 is 9.90 Å². The van der Waals surface area contributed by atoms with Crippen LogP contribution in [-0.4, -0.2) is 21.2 Å². The molecule has 3 N–H and O–H groups in total. The molecule has 6 heteroatoms. The average Bonchev–Trinajstić information content (AvgIpc) is 2.46. The van der Waals surface area contributed by atoms with E-state index in [4.69, 9.17) is 5.11 Å². The Hall–Kier alpha value is -2.47. The topological polar surface area (TPSA) is 95.1 Å². The summed E-state index contributed by atoms with van der Waals surface area (Å²) >= 11 is 0. The summed E-state index contributed by atoms with van der Waals surface area (Å²) in [5.74, 6) is -0.370. The van der Waals surface area contributed by atoms with Gasteiger partial charge in [0.2, 0.25) is 0 Å². The third-order valence-electron chi connectivity index (χ3n) is 2.54. The van der Waals surface area contributed by atoms with Gasteiger partial charge in [-0.05, 0) is 17.2 Å². The normalized spacial score (nSPS) is 10.2. The minimum atomic E-state index is -0.370. The van der Waals surface area contributed by atoms with Crippen molar-refractivity contribution in [3.8, 4) is 0 Å². The first kappa shape index (κ1) is 13.0. The van der Waals surface area contributed by atoms with Crippen LogP contribution in [0.1, 0.15) is 21.6 Å². The van der Waals surface area contributed by atoms with Gasteiger partial charge in [0.1, 0.15) is 5.69 Å². The first-order chi connectivity index (χ1) is 9.19. The summed E-state index contributed by atoms with van der Waals surface area (Å²) in [5.41, 5.74) is 1.46. The van der Waals surface area contributed by atoms with E-state index in [1.165, 1.54) is 12.1 Å². The highest BCUT2D eigenvalue weighted by molar-refractivity contribution is 5.91. The maximum atomic E-state index is 11.7. The van der Waals surface area contributed by atoms with Crippen LogP contribution < -0.4 is 10.9 Å². The monoisotopic (exact) mass is 259 g/mol. The maximum Gasteiger partial charge on any atom is 0.271 e. The molecule has 0 fully saturated rings. The van der Waals surface area contributed by atoms with Gasteiger partial charge in [0.15, 0.2) is 0 Å². The van der Waals surface area contributed by atoms with Crippen molar-refractivity contribution in [3.63, 3.8) is 0 Å². The van der Waals surface area contributed by atoms with Gasteiger partial charge >= 0.3 is 0 Å². The van der Waals surface area contributed by atoms with Gasteiger partial charge in [-0.25, -0.2) is 5.10 Å². The Morgan fingerprint density at radius 3 is 2.74 bits per heavy atom. The molecule has 0 saturated carbocycles. The third-order valence-corrected chi connectivity index (χ3v) is 2.54. The molecule has 1 heterocycles. The van der Waals surface area contributed by atoms with E-state index in [1.54, 1.807) is 12.1 Å². The number of aliphatic hydroxyl groups is 1. The average molecular weight is 259 g/mol. The molecule has 0 aliphatic carbocycles. The van der Waals surface area contributed by atoms with Crippen LogP contribution in [0.2, 0.25) is 0 Å². The fourth-order valence-corrected chi connectivity index (χ4v) is 1.58. The Balaban J connectivity index is 2.00. The lowest BCUT2D eigenvalue weighted by molar-refractivity contribution is 0.0945. The van der Waals surface area contributed by atoms with E-state index >= 15 is 0 Å². The van der Waals surface area contributed by atoms with Crippen LogP contribution in [0, 0.1) is 0 Å². The molecule has 0 aliphatic heterocycles. The molecule has 0 radical (unpaired) electrons. The van der Waals surface area contributed by atoms with Gasteiger partial charge in [0, 0.05) is 12.6 Å². The second-order valence-corrected chi connectivity index (χ2v) is 3.97. The largest absolute Gasteiger partial charge is 0.392 e. The first-order valence-corrected chi connectivity index (χ1v) is 5.71. The number of nitrogens with zero attached hydrogens (tertiary/aromatic N) is 1. The van der Waals surface area contributed by atoms with Gasteiger partial charge in [-0.3, -0.25) is 9.59 Å². The lowest BCUT2D eigenvalue weighted by atomic mass is 10.1. The van der Waals surface area contributed by atoms with E-state index < -0.39 is 0 Å². The molecule has 0 saturated heterocycles. The highest BCUT2D eigenvalue weighted by Crippen LogP contribution is 2.05. The van der Waals surface area contributed by atoms with Crippen LogP contribution in [0.4, 0.5) is 0 Å². The molecule has 2 rings (SSSR count). The number of aromatic nitrogens is 2. The number of benzene rings is 1. The molecular formula is C13H13N3O3. The Bertz CT molecular complexity index is 617. The van der Waals surface area contributed by atoms with Crippen molar-refractivity contribution in [2.24, 2.45) is 0 Å². The Kier molecular flexibility index (Phi) is 4.04. The van der Waals surface area contributed by atoms with E-state index in [2.05, 4.69) is 15.5 Å². The molecule has 19 heavy (non-hydrogen) atoms. The standard InChI is InChI=1S/C13H13N3O3/c17-8-10-3-1-2-9(6-10)7-14-13(19)11-4-5-12(18)16-15-11/h1-6,17H,7-8H2,(H,14,19)(H,16,18). The van der Waals surface area contributed by atoms with E-state index in [9.17, 15) is 9.59 Å². The third kappa shape index (κ3) is 3.49. The van der Waals surface area contributed by atoms with Gasteiger partial charge in [-0.15, -0.1) is 0 Å². The second-order valence-electron chi connectivity index (χ2n) is 3.97. The number of carbonyl (C=O) groups excluding carboxylic acids is 1. The number of hydrogen-bond donors (Lipinski definition) is 3. The van der Waals surface area contributed by atoms with Gasteiger partial charge in [0.25, 0.3) is 11.5 Å². The summed E-state index contributed by atoms with van der Waals surface area (Å²) in [7, 11) is 0. The molecule has 0 bridgehead atoms. The predicted octanol–water partition coefficient (Wildman–Crippen LogP) is 0.192. The zero-order chi connectivity index (χ0) is 13.7. The van der Waals surface area contributed by atoms with E-state index in [-0.39, 0.29) is 23.8 Å². The molecule has 0 spiro atoms. The van der Waals surface area contributed by atoms with Crippen LogP contribution in [0.25, 0.3) is 0 Å². The molecule has 0 aliphatic rings. The summed E-state index contributed by atoms with van der Waals surface area (Å²) in [4.78, 5) is 22.6. The zero-order valence-corrected chi connectivity index (χ0v) is 10.1. The van der Waals surface area contributed by atoms with Crippen molar-refractivity contribution in [3.05, 3.63) is 63.6 Å². The summed E-state index contributed by atoms with van der Waals surface area (Å²) in [6, 6.07) is 9.87. The molecular weight excluding hydrogens is 246 g/mol. The number of rotatable bonds is 4. The van der Waals surface area contributed by atoms with Crippen LogP contribution in [0.15, 0.2) is 41.2 Å². The van der Waals surface area contributed by atoms with Gasteiger partial charge in [-0.1, -0.05) is 24.3 Å². The fourth-order valence-electron chi connectivity index (χ4n) is 1.58. The van der Waals surface area contributed by atoms with Crippen LogP contribution in [-0.2, 0) is 13.2 Å². The van der Waals surface area contributed by atoms with Crippen molar-refractivity contribution in [2.75, 3.05) is 0 Å². The minimum Gasteiger partial charge on any atom is -0.392 e. The maximum absolute atomic E-state index is 11.7. The number of aliphatic hydroxyl groups excluding tert-OH is 1. The predicted molar refractivity (Wildman–Crippen MR) is 68.4 cm³/mol. The Morgan fingerprint density at radius 2 is 2.05 bits per heavy atom.